The van der Waals surface area contributed by atoms with E-state index in [2.05, 4.69) is 4.84 Å². The Morgan fingerprint density at radius 3 is 2.44 bits per heavy atom. The van der Waals surface area contributed by atoms with Gasteiger partial charge >= 0.3 is 6.47 Å². The van der Waals surface area contributed by atoms with E-state index in [9.17, 15) is 10.0 Å². The van der Waals surface area contributed by atoms with Gasteiger partial charge in [-0.15, -0.1) is 0 Å². The summed E-state index contributed by atoms with van der Waals surface area (Å²) in [6, 6.07) is 0. The summed E-state index contributed by atoms with van der Waals surface area (Å²) < 4.78 is 0. The normalized spacial score (nSPS) is 23.7. The molecule has 52 valence electrons. The smallest absolute Gasteiger partial charge is 0.355 e. The van der Waals surface area contributed by atoms with Gasteiger partial charge in [0.05, 0.1) is 0 Å². The monoisotopic (exact) mass is 131 g/mol. The van der Waals surface area contributed by atoms with Crippen LogP contribution in [0.1, 0.15) is 12.8 Å². The van der Waals surface area contributed by atoms with Crippen LogP contribution < -0.4 is 0 Å². The molecule has 0 amide bonds. The summed E-state index contributed by atoms with van der Waals surface area (Å²) in [7, 11) is 0. The summed E-state index contributed by atoms with van der Waals surface area (Å²) in [6.07, 6.45) is 1.72. The van der Waals surface area contributed by atoms with Gasteiger partial charge in [0.2, 0.25) is 0 Å². The molecule has 0 aliphatic carbocycles. The Bertz CT molecular complexity index is 109. The minimum absolute atomic E-state index is 0.221. The van der Waals surface area contributed by atoms with Crippen molar-refractivity contribution in [1.82, 2.24) is 0 Å². The van der Waals surface area contributed by atoms with E-state index in [1.165, 1.54) is 0 Å². The van der Waals surface area contributed by atoms with Crippen LogP contribution >= 0.6 is 0 Å². The fraction of sp³-hybridized carbons (Fsp3) is 0.800. The number of rotatable bonds is 2. The van der Waals surface area contributed by atoms with Crippen LogP contribution in [0.3, 0.4) is 0 Å². The lowest BCUT2D eigenvalue weighted by molar-refractivity contribution is -1.04. The van der Waals surface area contributed by atoms with E-state index < -0.39 is 4.81 Å². The maximum atomic E-state index is 11.0. The number of carbonyl (C=O) groups excluding carboxylic acids is 1. The second kappa shape index (κ2) is 2.33. The topological polar surface area (TPSA) is 49.4 Å². The van der Waals surface area contributed by atoms with Crippen molar-refractivity contribution in [2.75, 3.05) is 13.1 Å². The highest BCUT2D eigenvalue weighted by molar-refractivity contribution is 5.35. The van der Waals surface area contributed by atoms with E-state index in [1.54, 1.807) is 0 Å². The third-order valence-electron chi connectivity index (χ3n) is 1.48. The van der Waals surface area contributed by atoms with Crippen molar-refractivity contribution < 1.29 is 14.4 Å². The van der Waals surface area contributed by atoms with Gasteiger partial charge < -0.3 is 5.21 Å². The van der Waals surface area contributed by atoms with Crippen molar-refractivity contribution in [2.45, 2.75) is 12.8 Å². The van der Waals surface area contributed by atoms with E-state index in [0.29, 0.717) is 13.1 Å². The summed E-state index contributed by atoms with van der Waals surface area (Å²) in [5, 5.41) is 11.0. The van der Waals surface area contributed by atoms with Crippen LogP contribution in [0.2, 0.25) is 0 Å². The molecule has 4 nitrogen and oxygen atoms in total. The molecular formula is C5H9NO3. The number of hydroxylamine groups is 4. The van der Waals surface area contributed by atoms with Crippen LogP contribution in [-0.4, -0.2) is 24.4 Å². The first-order chi connectivity index (χ1) is 4.27. The zero-order chi connectivity index (χ0) is 6.74. The van der Waals surface area contributed by atoms with Crippen molar-refractivity contribution in [3.63, 3.8) is 0 Å². The van der Waals surface area contributed by atoms with Crippen molar-refractivity contribution in [1.29, 1.82) is 0 Å². The van der Waals surface area contributed by atoms with E-state index >= 15 is 0 Å². The molecule has 0 aromatic carbocycles. The summed E-state index contributed by atoms with van der Waals surface area (Å²) in [5.74, 6) is 0. The molecular weight excluding hydrogens is 122 g/mol. The quantitative estimate of drug-likeness (QED) is 0.305. The van der Waals surface area contributed by atoms with Gasteiger partial charge in [0.15, 0.2) is 0 Å². The lowest BCUT2D eigenvalue weighted by Gasteiger charge is -2.31. The summed E-state index contributed by atoms with van der Waals surface area (Å²) in [6.45, 7) is 1.05. The molecule has 1 fully saturated rings. The first-order valence-electron chi connectivity index (χ1n) is 2.97. The summed E-state index contributed by atoms with van der Waals surface area (Å²) >= 11 is 0. The average molecular weight is 131 g/mol. The predicted molar refractivity (Wildman–Crippen MR) is 29.7 cm³/mol. The van der Waals surface area contributed by atoms with E-state index in [1.807, 2.05) is 0 Å². The highest BCUT2D eigenvalue weighted by atomic mass is 16.9. The predicted octanol–water partition coefficient (Wildman–Crippen LogP) is 0.183. The van der Waals surface area contributed by atoms with Crippen LogP contribution in [0.25, 0.3) is 0 Å². The zero-order valence-electron chi connectivity index (χ0n) is 5.08. The Hall–Kier alpha value is -0.610. The standard InChI is InChI=1S/C5H9NO3/c7-5-9-6(8)3-1-2-4-6/h5H,1-4H2. The van der Waals surface area contributed by atoms with Gasteiger partial charge in [-0.25, -0.2) is 4.79 Å². The number of nitrogens with zero attached hydrogens (tertiary/aromatic N) is 1. The average Bonchev–Trinajstić information content (AvgIpc) is 2.16. The third-order valence-corrected chi connectivity index (χ3v) is 1.48. The molecule has 1 heterocycles. The molecule has 1 aliphatic heterocycles. The van der Waals surface area contributed by atoms with Crippen LogP contribution in [0, 0.1) is 5.21 Å². The number of hydrogen-bond acceptors (Lipinski definition) is 3. The Morgan fingerprint density at radius 2 is 2.00 bits per heavy atom. The largest absolute Gasteiger partial charge is 0.589 e. The van der Waals surface area contributed by atoms with Gasteiger partial charge in [-0.1, -0.05) is 0 Å². The Morgan fingerprint density at radius 1 is 1.44 bits per heavy atom. The first-order valence-corrected chi connectivity index (χ1v) is 2.97. The number of carbonyl (C=O) groups is 1. The zero-order valence-corrected chi connectivity index (χ0v) is 5.08. The SMILES string of the molecule is O=CO[N+]1([O-])CCCC1. The fourth-order valence-corrected chi connectivity index (χ4v) is 1.00. The molecule has 0 unspecified atom stereocenters. The fourth-order valence-electron chi connectivity index (χ4n) is 1.00. The molecule has 1 saturated heterocycles. The second-order valence-electron chi connectivity index (χ2n) is 2.17. The second-order valence-corrected chi connectivity index (χ2v) is 2.17. The van der Waals surface area contributed by atoms with E-state index in [-0.39, 0.29) is 6.47 Å². The third kappa shape index (κ3) is 1.40. The van der Waals surface area contributed by atoms with Gasteiger partial charge in [0, 0.05) is 12.8 Å². The molecule has 0 spiro atoms. The molecule has 9 heavy (non-hydrogen) atoms. The maximum Gasteiger partial charge on any atom is 0.355 e. The van der Waals surface area contributed by atoms with Crippen molar-refractivity contribution in [3.05, 3.63) is 5.21 Å². The first kappa shape index (κ1) is 6.51. The number of hydrogen-bond donors (Lipinski definition) is 0. The molecule has 4 heteroatoms. The molecule has 0 bridgehead atoms. The molecule has 0 aromatic rings. The lowest BCUT2D eigenvalue weighted by atomic mass is 10.4. The Balaban J connectivity index is 2.40. The van der Waals surface area contributed by atoms with Crippen LogP contribution in [0.15, 0.2) is 0 Å². The Kier molecular flexibility index (Phi) is 1.68. The van der Waals surface area contributed by atoms with Gasteiger partial charge in [-0.2, -0.15) is 4.81 Å². The van der Waals surface area contributed by atoms with Crippen molar-refractivity contribution in [2.24, 2.45) is 0 Å². The van der Waals surface area contributed by atoms with Crippen molar-refractivity contribution in [3.8, 4) is 0 Å². The molecule has 0 saturated carbocycles. The molecule has 0 aromatic heterocycles. The lowest BCUT2D eigenvalue weighted by Crippen LogP contribution is -2.38. The van der Waals surface area contributed by atoms with Crippen LogP contribution in [0.5, 0.6) is 0 Å². The van der Waals surface area contributed by atoms with Crippen LogP contribution in [-0.2, 0) is 9.63 Å². The van der Waals surface area contributed by atoms with Gasteiger partial charge in [-0.3, -0.25) is 4.84 Å². The molecule has 1 aliphatic rings. The molecule has 0 radical (unpaired) electrons. The van der Waals surface area contributed by atoms with Gasteiger partial charge in [0.1, 0.15) is 13.1 Å². The van der Waals surface area contributed by atoms with Gasteiger partial charge in [0.25, 0.3) is 0 Å². The maximum absolute atomic E-state index is 11.0. The van der Waals surface area contributed by atoms with E-state index in [0.717, 1.165) is 12.8 Å². The summed E-state index contributed by atoms with van der Waals surface area (Å²) in [4.78, 5) is 13.2. The highest BCUT2D eigenvalue weighted by Crippen LogP contribution is 2.16. The molecule has 0 atom stereocenters. The van der Waals surface area contributed by atoms with Crippen molar-refractivity contribution >= 4 is 6.47 Å². The number of quaternary nitrogens is 1. The van der Waals surface area contributed by atoms with E-state index in [4.69, 9.17) is 0 Å². The minimum Gasteiger partial charge on any atom is -0.589 e. The highest BCUT2D eigenvalue weighted by Gasteiger charge is 2.24. The van der Waals surface area contributed by atoms with Crippen LogP contribution in [0.4, 0.5) is 0 Å². The summed E-state index contributed by atoms with van der Waals surface area (Å²) in [5.41, 5.74) is 0. The van der Waals surface area contributed by atoms with Gasteiger partial charge in [-0.05, 0) is 0 Å². The Labute approximate surface area is 53.1 Å². The minimum atomic E-state index is -0.774. The molecule has 1 rings (SSSR count). The molecule has 0 N–H and O–H groups in total.